The van der Waals surface area contributed by atoms with Crippen LogP contribution in [0.1, 0.15) is 10.4 Å². The van der Waals surface area contributed by atoms with Crippen LogP contribution in [0.15, 0.2) is 70.0 Å². The van der Waals surface area contributed by atoms with Gasteiger partial charge in [0.05, 0.1) is 6.54 Å². The lowest BCUT2D eigenvalue weighted by molar-refractivity contribution is 0.0692. The first-order valence-corrected chi connectivity index (χ1v) is 8.10. The summed E-state index contributed by atoms with van der Waals surface area (Å²) in [6, 6.07) is 16.5. The van der Waals surface area contributed by atoms with Crippen LogP contribution < -0.4 is 10.4 Å². The summed E-state index contributed by atoms with van der Waals surface area (Å²) in [4.78, 5) is 22.7. The molecule has 0 radical (unpaired) electrons. The van der Waals surface area contributed by atoms with Crippen molar-refractivity contribution in [3.05, 3.63) is 76.8 Å². The monoisotopic (exact) mass is 349 g/mol. The van der Waals surface area contributed by atoms with Crippen molar-refractivity contribution >= 4 is 27.8 Å². The Bertz CT molecular complexity index is 1170. The molecule has 0 spiro atoms. The van der Waals surface area contributed by atoms with Gasteiger partial charge in [-0.3, -0.25) is 0 Å². The van der Waals surface area contributed by atoms with Gasteiger partial charge in [0.1, 0.15) is 23.5 Å². The molecule has 2 aromatic carbocycles. The van der Waals surface area contributed by atoms with Gasteiger partial charge in [0.15, 0.2) is 0 Å². The van der Waals surface area contributed by atoms with Crippen LogP contribution in [-0.2, 0) is 6.54 Å². The van der Waals surface area contributed by atoms with Crippen molar-refractivity contribution < 1.29 is 19.1 Å². The summed E-state index contributed by atoms with van der Waals surface area (Å²) in [5.41, 5.74) is 0.178. The number of hydrogen-bond donors (Lipinski definition) is 1. The predicted molar refractivity (Wildman–Crippen MR) is 96.9 cm³/mol. The number of carboxylic acids is 1. The average Bonchev–Trinajstić information content (AvgIpc) is 3.04. The third-order valence-corrected chi connectivity index (χ3v) is 4.22. The number of aromatic nitrogens is 1. The number of fused-ring (bicyclic) bond motifs is 2. The molecule has 0 bridgehead atoms. The number of aromatic carboxylic acids is 1. The Hall–Kier alpha value is -3.54. The molecule has 6 nitrogen and oxygen atoms in total. The van der Waals surface area contributed by atoms with Crippen molar-refractivity contribution in [3.8, 4) is 5.75 Å². The maximum atomic E-state index is 11.7. The molecule has 26 heavy (non-hydrogen) atoms. The molecule has 0 fully saturated rings. The quantitative estimate of drug-likeness (QED) is 0.558. The number of para-hydroxylation sites is 1. The molecule has 6 heteroatoms. The summed E-state index contributed by atoms with van der Waals surface area (Å²) < 4.78 is 12.9. The van der Waals surface area contributed by atoms with Crippen LogP contribution in [0.25, 0.3) is 21.9 Å². The summed E-state index contributed by atoms with van der Waals surface area (Å²) in [5, 5.41) is 10.7. The lowest BCUT2D eigenvalue weighted by Crippen LogP contribution is -2.13. The zero-order chi connectivity index (χ0) is 18.1. The molecule has 1 N–H and O–H groups in total. The van der Waals surface area contributed by atoms with Gasteiger partial charge in [-0.15, -0.1) is 0 Å². The predicted octanol–water partition coefficient (Wildman–Crippen LogP) is 3.52. The topological polar surface area (TPSA) is 81.7 Å². The molecule has 0 amide bonds. The first kappa shape index (κ1) is 16.0. The van der Waals surface area contributed by atoms with E-state index >= 15 is 0 Å². The standard InChI is InChI=1S/C20H15NO5/c22-19(23)16-11-14-5-6-15(12-18(14)26-20(16)24)25-10-9-21-8-7-13-3-1-2-4-17(13)21/h1-8,11-12H,9-10H2,(H,22,23). The van der Waals surface area contributed by atoms with Gasteiger partial charge in [-0.2, -0.15) is 0 Å². The molecule has 0 saturated carbocycles. The van der Waals surface area contributed by atoms with Gasteiger partial charge < -0.3 is 18.8 Å². The molecule has 4 rings (SSSR count). The molecule has 0 aliphatic carbocycles. The van der Waals surface area contributed by atoms with Crippen molar-refractivity contribution in [2.24, 2.45) is 0 Å². The Morgan fingerprint density at radius 2 is 1.92 bits per heavy atom. The van der Waals surface area contributed by atoms with E-state index in [2.05, 4.69) is 22.8 Å². The molecular weight excluding hydrogens is 334 g/mol. The van der Waals surface area contributed by atoms with E-state index in [1.807, 2.05) is 18.3 Å². The first-order chi connectivity index (χ1) is 12.6. The third kappa shape index (κ3) is 2.93. The second-order valence-corrected chi connectivity index (χ2v) is 5.87. The van der Waals surface area contributed by atoms with E-state index < -0.39 is 11.6 Å². The van der Waals surface area contributed by atoms with E-state index in [-0.39, 0.29) is 5.56 Å². The number of nitrogens with zero attached hydrogens (tertiary/aromatic N) is 1. The number of carbonyl (C=O) groups is 1. The molecule has 130 valence electrons. The molecule has 0 saturated heterocycles. The third-order valence-electron chi connectivity index (χ3n) is 4.22. The van der Waals surface area contributed by atoms with Crippen molar-refractivity contribution in [3.63, 3.8) is 0 Å². The minimum atomic E-state index is -1.31. The van der Waals surface area contributed by atoms with Crippen LogP contribution >= 0.6 is 0 Å². The number of hydrogen-bond acceptors (Lipinski definition) is 4. The summed E-state index contributed by atoms with van der Waals surface area (Å²) in [7, 11) is 0. The van der Waals surface area contributed by atoms with Crippen molar-refractivity contribution in [2.45, 2.75) is 6.54 Å². The van der Waals surface area contributed by atoms with E-state index in [1.54, 1.807) is 18.2 Å². The zero-order valence-electron chi connectivity index (χ0n) is 13.7. The van der Waals surface area contributed by atoms with Gasteiger partial charge in [-0.05, 0) is 35.7 Å². The highest BCUT2D eigenvalue weighted by Crippen LogP contribution is 2.21. The normalized spacial score (nSPS) is 11.1. The van der Waals surface area contributed by atoms with E-state index in [1.165, 1.54) is 11.5 Å². The Labute approximate surface area is 147 Å². The summed E-state index contributed by atoms with van der Waals surface area (Å²) >= 11 is 0. The molecule has 2 aromatic heterocycles. The molecule has 2 heterocycles. The zero-order valence-corrected chi connectivity index (χ0v) is 13.7. The minimum absolute atomic E-state index is 0.295. The maximum Gasteiger partial charge on any atom is 0.351 e. The maximum absolute atomic E-state index is 11.7. The van der Waals surface area contributed by atoms with E-state index in [0.717, 1.165) is 5.52 Å². The van der Waals surface area contributed by atoms with Gasteiger partial charge in [0.2, 0.25) is 0 Å². The molecular formula is C20H15NO5. The van der Waals surface area contributed by atoms with Gasteiger partial charge in [-0.25, -0.2) is 9.59 Å². The summed E-state index contributed by atoms with van der Waals surface area (Å²) in [5.74, 6) is -0.750. The van der Waals surface area contributed by atoms with Crippen molar-refractivity contribution in [2.75, 3.05) is 6.61 Å². The Morgan fingerprint density at radius 1 is 1.08 bits per heavy atom. The van der Waals surface area contributed by atoms with Crippen LogP contribution in [-0.4, -0.2) is 22.2 Å². The Balaban J connectivity index is 1.51. The number of rotatable bonds is 5. The molecule has 0 aliphatic rings. The second-order valence-electron chi connectivity index (χ2n) is 5.87. The van der Waals surface area contributed by atoms with Crippen LogP contribution in [0, 0.1) is 0 Å². The van der Waals surface area contributed by atoms with Crippen LogP contribution in [0.3, 0.4) is 0 Å². The van der Waals surface area contributed by atoms with Gasteiger partial charge in [-0.1, -0.05) is 18.2 Å². The second kappa shape index (κ2) is 6.40. The van der Waals surface area contributed by atoms with E-state index in [0.29, 0.717) is 29.9 Å². The highest BCUT2D eigenvalue weighted by atomic mass is 16.5. The van der Waals surface area contributed by atoms with Gasteiger partial charge >= 0.3 is 11.6 Å². The van der Waals surface area contributed by atoms with E-state index in [9.17, 15) is 9.59 Å². The largest absolute Gasteiger partial charge is 0.492 e. The van der Waals surface area contributed by atoms with Crippen molar-refractivity contribution in [1.29, 1.82) is 0 Å². The molecule has 0 unspecified atom stereocenters. The lowest BCUT2D eigenvalue weighted by atomic mass is 10.2. The van der Waals surface area contributed by atoms with Crippen LogP contribution in [0.2, 0.25) is 0 Å². The highest BCUT2D eigenvalue weighted by Gasteiger charge is 2.12. The fourth-order valence-corrected chi connectivity index (χ4v) is 2.93. The average molecular weight is 349 g/mol. The first-order valence-electron chi connectivity index (χ1n) is 8.10. The van der Waals surface area contributed by atoms with Crippen molar-refractivity contribution in [1.82, 2.24) is 4.57 Å². The number of carboxylic acid groups (broad SMARTS) is 1. The summed E-state index contributed by atoms with van der Waals surface area (Å²) in [6.45, 7) is 1.12. The number of ether oxygens (including phenoxy) is 1. The number of benzene rings is 2. The Morgan fingerprint density at radius 3 is 2.77 bits per heavy atom. The van der Waals surface area contributed by atoms with Gasteiger partial charge in [0, 0.05) is 23.2 Å². The SMILES string of the molecule is O=C(O)c1cc2ccc(OCCn3ccc4ccccc43)cc2oc1=O. The fraction of sp³-hybridized carbons (Fsp3) is 0.100. The molecule has 0 atom stereocenters. The molecule has 4 aromatic rings. The lowest BCUT2D eigenvalue weighted by Gasteiger charge is -2.09. The highest BCUT2D eigenvalue weighted by molar-refractivity contribution is 5.91. The summed E-state index contributed by atoms with van der Waals surface area (Å²) in [6.07, 6.45) is 2.01. The smallest absolute Gasteiger partial charge is 0.351 e. The molecule has 0 aliphatic heterocycles. The van der Waals surface area contributed by atoms with E-state index in [4.69, 9.17) is 14.3 Å². The Kier molecular flexibility index (Phi) is 3.93. The fourth-order valence-electron chi connectivity index (χ4n) is 2.93. The van der Waals surface area contributed by atoms with Crippen LogP contribution in [0.4, 0.5) is 0 Å². The van der Waals surface area contributed by atoms with Gasteiger partial charge in [0.25, 0.3) is 0 Å². The minimum Gasteiger partial charge on any atom is -0.492 e. The van der Waals surface area contributed by atoms with Crippen LogP contribution in [0.5, 0.6) is 5.75 Å².